The van der Waals surface area contributed by atoms with Gasteiger partial charge in [0.15, 0.2) is 0 Å². The van der Waals surface area contributed by atoms with E-state index in [1.807, 2.05) is 30.3 Å². The molecular weight excluding hydrogens is 292 g/mol. The van der Waals surface area contributed by atoms with Crippen LogP contribution in [0.3, 0.4) is 0 Å². The Bertz CT molecular complexity index is 770. The lowest BCUT2D eigenvalue weighted by Crippen LogP contribution is -2.42. The maximum Gasteiger partial charge on any atom is 0.266 e. The van der Waals surface area contributed by atoms with E-state index in [1.54, 1.807) is 18.0 Å². The van der Waals surface area contributed by atoms with E-state index < -0.39 is 0 Å². The van der Waals surface area contributed by atoms with E-state index in [-0.39, 0.29) is 23.9 Å². The van der Waals surface area contributed by atoms with Gasteiger partial charge in [0.1, 0.15) is 0 Å². The van der Waals surface area contributed by atoms with Gasteiger partial charge < -0.3 is 10.6 Å². The molecule has 120 valence electrons. The van der Waals surface area contributed by atoms with Gasteiger partial charge in [0.25, 0.3) is 5.56 Å². The minimum Gasteiger partial charge on any atom is -0.337 e. The Morgan fingerprint density at radius 3 is 2.78 bits per heavy atom. The van der Waals surface area contributed by atoms with Crippen molar-refractivity contribution in [2.45, 2.75) is 18.9 Å². The normalized spacial score (nSPS) is 15.1. The molecule has 0 saturated heterocycles. The second-order valence-electron chi connectivity index (χ2n) is 5.79. The fourth-order valence-electron chi connectivity index (χ4n) is 2.97. The van der Waals surface area contributed by atoms with Crippen LogP contribution in [0.25, 0.3) is 0 Å². The number of aromatic nitrogens is 2. The van der Waals surface area contributed by atoms with Gasteiger partial charge in [-0.15, -0.1) is 0 Å². The second-order valence-corrected chi connectivity index (χ2v) is 5.79. The van der Waals surface area contributed by atoms with Crippen molar-refractivity contribution in [3.8, 4) is 0 Å². The molecule has 3 rings (SSSR count). The molecule has 2 aromatic rings. The van der Waals surface area contributed by atoms with E-state index in [0.29, 0.717) is 19.5 Å². The summed E-state index contributed by atoms with van der Waals surface area (Å²) in [5, 5.41) is 4.27. The molecule has 0 radical (unpaired) electrons. The summed E-state index contributed by atoms with van der Waals surface area (Å²) in [6.45, 7) is 1.28. The van der Waals surface area contributed by atoms with E-state index in [2.05, 4.69) is 5.10 Å². The molecule has 6 heteroatoms. The fourth-order valence-corrected chi connectivity index (χ4v) is 2.97. The molecular formula is C17H20N4O2. The monoisotopic (exact) mass is 312 g/mol. The van der Waals surface area contributed by atoms with Crippen molar-refractivity contribution in [1.82, 2.24) is 14.7 Å². The van der Waals surface area contributed by atoms with Crippen molar-refractivity contribution < 1.29 is 4.79 Å². The number of benzene rings is 1. The number of aryl methyl sites for hydroxylation is 1. The quantitative estimate of drug-likeness (QED) is 0.890. The van der Waals surface area contributed by atoms with E-state index in [1.165, 1.54) is 4.68 Å². The van der Waals surface area contributed by atoms with Crippen molar-refractivity contribution in [3.05, 3.63) is 63.6 Å². The second kappa shape index (κ2) is 6.34. The van der Waals surface area contributed by atoms with Crippen LogP contribution in [0, 0.1) is 0 Å². The fraction of sp³-hybridized carbons (Fsp3) is 0.353. The molecule has 0 unspecified atom stereocenters. The highest BCUT2D eigenvalue weighted by Gasteiger charge is 2.28. The van der Waals surface area contributed by atoms with Crippen LogP contribution in [0.4, 0.5) is 0 Å². The summed E-state index contributed by atoms with van der Waals surface area (Å²) in [6.07, 6.45) is 0.654. The molecule has 2 heterocycles. The average Bonchev–Trinajstić information content (AvgIpc) is 2.57. The van der Waals surface area contributed by atoms with Crippen molar-refractivity contribution in [1.29, 1.82) is 0 Å². The molecule has 1 atom stereocenters. The molecule has 1 amide bonds. The number of carbonyl (C=O) groups is 1. The molecule has 0 saturated carbocycles. The minimum absolute atomic E-state index is 0.00465. The highest BCUT2D eigenvalue weighted by molar-refractivity contribution is 5.84. The van der Waals surface area contributed by atoms with Gasteiger partial charge >= 0.3 is 0 Å². The van der Waals surface area contributed by atoms with Crippen LogP contribution in [0.15, 0.2) is 41.2 Å². The first-order chi connectivity index (χ1) is 11.1. The van der Waals surface area contributed by atoms with Crippen LogP contribution in [-0.4, -0.2) is 33.7 Å². The van der Waals surface area contributed by atoms with Gasteiger partial charge in [-0.2, -0.15) is 5.10 Å². The Balaban J connectivity index is 1.83. The van der Waals surface area contributed by atoms with Crippen LogP contribution >= 0.6 is 0 Å². The maximum absolute atomic E-state index is 12.8. The van der Waals surface area contributed by atoms with E-state index in [9.17, 15) is 9.59 Å². The standard InChI is InChI=1S/C17H20N4O2/c1-20-16(22)9-13-11-21(8-7-15(13)19-20)17(23)14(10-18)12-5-3-2-4-6-12/h2-6,9,14H,7-8,10-11,18H2,1H3/t14-/m1/s1. The predicted molar refractivity (Wildman–Crippen MR) is 86.8 cm³/mol. The average molecular weight is 312 g/mol. The predicted octanol–water partition coefficient (Wildman–Crippen LogP) is 0.408. The van der Waals surface area contributed by atoms with Gasteiger partial charge in [0, 0.05) is 44.7 Å². The highest BCUT2D eigenvalue weighted by Crippen LogP contribution is 2.22. The molecule has 1 aromatic carbocycles. The third kappa shape index (κ3) is 3.03. The maximum atomic E-state index is 12.8. The number of amides is 1. The van der Waals surface area contributed by atoms with Gasteiger partial charge in [-0.25, -0.2) is 4.68 Å². The van der Waals surface area contributed by atoms with Gasteiger partial charge in [0.05, 0.1) is 11.6 Å². The topological polar surface area (TPSA) is 81.2 Å². The number of nitrogens with zero attached hydrogens (tertiary/aromatic N) is 3. The number of fused-ring (bicyclic) bond motifs is 1. The Morgan fingerprint density at radius 1 is 1.35 bits per heavy atom. The summed E-state index contributed by atoms with van der Waals surface area (Å²) in [5.74, 6) is -0.345. The molecule has 6 nitrogen and oxygen atoms in total. The Labute approximate surface area is 134 Å². The molecule has 0 aliphatic carbocycles. The van der Waals surface area contributed by atoms with Gasteiger partial charge in [-0.05, 0) is 5.56 Å². The van der Waals surface area contributed by atoms with Crippen molar-refractivity contribution >= 4 is 5.91 Å². The van der Waals surface area contributed by atoms with Gasteiger partial charge in [-0.3, -0.25) is 9.59 Å². The van der Waals surface area contributed by atoms with Crippen molar-refractivity contribution in [3.63, 3.8) is 0 Å². The minimum atomic E-state index is -0.350. The van der Waals surface area contributed by atoms with Crippen molar-refractivity contribution in [2.75, 3.05) is 13.1 Å². The number of nitrogens with two attached hydrogens (primary N) is 1. The molecule has 1 aliphatic heterocycles. The van der Waals surface area contributed by atoms with Gasteiger partial charge in [-0.1, -0.05) is 30.3 Å². The lowest BCUT2D eigenvalue weighted by Gasteiger charge is -2.31. The number of hydrogen-bond donors (Lipinski definition) is 1. The molecule has 0 bridgehead atoms. The summed E-state index contributed by atoms with van der Waals surface area (Å²) in [6, 6.07) is 11.1. The van der Waals surface area contributed by atoms with E-state index in [0.717, 1.165) is 16.8 Å². The zero-order chi connectivity index (χ0) is 16.4. The van der Waals surface area contributed by atoms with E-state index in [4.69, 9.17) is 5.73 Å². The van der Waals surface area contributed by atoms with Crippen LogP contribution in [0.1, 0.15) is 22.7 Å². The van der Waals surface area contributed by atoms with Crippen molar-refractivity contribution in [2.24, 2.45) is 12.8 Å². The van der Waals surface area contributed by atoms with Crippen LogP contribution < -0.4 is 11.3 Å². The summed E-state index contributed by atoms with van der Waals surface area (Å²) >= 11 is 0. The number of hydrogen-bond acceptors (Lipinski definition) is 4. The first-order valence-corrected chi connectivity index (χ1v) is 7.70. The Kier molecular flexibility index (Phi) is 4.25. The third-order valence-corrected chi connectivity index (χ3v) is 4.29. The number of rotatable bonds is 3. The highest BCUT2D eigenvalue weighted by atomic mass is 16.2. The van der Waals surface area contributed by atoms with Crippen LogP contribution in [0.5, 0.6) is 0 Å². The molecule has 0 spiro atoms. The smallest absolute Gasteiger partial charge is 0.266 e. The van der Waals surface area contributed by atoms with Crippen LogP contribution in [0.2, 0.25) is 0 Å². The summed E-state index contributed by atoms with van der Waals surface area (Å²) < 4.78 is 1.34. The zero-order valence-electron chi connectivity index (χ0n) is 13.1. The molecule has 1 aromatic heterocycles. The Hall–Kier alpha value is -2.47. The summed E-state index contributed by atoms with van der Waals surface area (Å²) in [4.78, 5) is 26.4. The summed E-state index contributed by atoms with van der Waals surface area (Å²) in [5.41, 5.74) is 8.32. The lowest BCUT2D eigenvalue weighted by molar-refractivity contribution is -0.133. The Morgan fingerprint density at radius 2 is 2.09 bits per heavy atom. The number of carbonyl (C=O) groups excluding carboxylic acids is 1. The first kappa shape index (κ1) is 15.4. The van der Waals surface area contributed by atoms with Crippen LogP contribution in [-0.2, 0) is 24.8 Å². The third-order valence-electron chi connectivity index (χ3n) is 4.29. The largest absolute Gasteiger partial charge is 0.337 e. The zero-order valence-corrected chi connectivity index (χ0v) is 13.1. The lowest BCUT2D eigenvalue weighted by atomic mass is 9.96. The molecule has 1 aliphatic rings. The first-order valence-electron chi connectivity index (χ1n) is 7.70. The van der Waals surface area contributed by atoms with E-state index >= 15 is 0 Å². The molecule has 2 N–H and O–H groups in total. The summed E-state index contributed by atoms with van der Waals surface area (Å²) in [7, 11) is 1.64. The molecule has 0 fully saturated rings. The SMILES string of the molecule is Cn1nc2c(cc1=O)CN(C(=O)[C@H](CN)c1ccccc1)CC2. The molecule has 23 heavy (non-hydrogen) atoms. The van der Waals surface area contributed by atoms with Gasteiger partial charge in [0.2, 0.25) is 5.91 Å².